The van der Waals surface area contributed by atoms with Crippen LogP contribution in [0.2, 0.25) is 0 Å². The molecule has 2 aromatic heterocycles. The molecule has 0 radical (unpaired) electrons. The number of aliphatic hydroxyl groups is 1. The molecule has 302 valence electrons. The molecule has 0 saturated heterocycles. The molecule has 1 N–H and O–H groups in total. The molecule has 0 amide bonds. The summed E-state index contributed by atoms with van der Waals surface area (Å²) in [5.74, 6) is 1.66. The van der Waals surface area contributed by atoms with E-state index in [1.165, 1.54) is 6.92 Å². The Hall–Kier alpha value is -6.37. The van der Waals surface area contributed by atoms with Crippen LogP contribution in [0.5, 0.6) is 23.0 Å². The van der Waals surface area contributed by atoms with Gasteiger partial charge in [-0.15, -0.1) is 0 Å². The predicted octanol–water partition coefficient (Wildman–Crippen LogP) is 8.13. The molecule has 1 unspecified atom stereocenters. The average Bonchev–Trinajstić information content (AvgIpc) is 3.23. The lowest BCUT2D eigenvalue weighted by atomic mass is 10.0. The van der Waals surface area contributed by atoms with Crippen LogP contribution in [0.3, 0.4) is 0 Å². The van der Waals surface area contributed by atoms with Gasteiger partial charge in [0.25, 0.3) is 0 Å². The fourth-order valence-electron chi connectivity index (χ4n) is 6.38. The van der Waals surface area contributed by atoms with Gasteiger partial charge in [-0.2, -0.15) is 0 Å². The first kappa shape index (κ1) is 41.3. The highest BCUT2D eigenvalue weighted by Gasteiger charge is 2.17. The van der Waals surface area contributed by atoms with Gasteiger partial charge >= 0.3 is 17.2 Å². The number of esters is 1. The lowest BCUT2D eigenvalue weighted by Gasteiger charge is -2.20. The molecule has 0 fully saturated rings. The molecule has 6 rings (SSSR count). The fraction of sp³-hybridized carbons (Fsp3) is 0.283. The zero-order valence-electron chi connectivity index (χ0n) is 32.7. The van der Waals surface area contributed by atoms with E-state index in [0.717, 1.165) is 10.8 Å². The summed E-state index contributed by atoms with van der Waals surface area (Å²) in [6, 6.07) is 28.8. The molecule has 0 aliphatic carbocycles. The lowest BCUT2D eigenvalue weighted by molar-refractivity contribution is -0.143. The van der Waals surface area contributed by atoms with Gasteiger partial charge < -0.3 is 42.4 Å². The molecule has 12 heteroatoms. The summed E-state index contributed by atoms with van der Waals surface area (Å²) in [6.07, 6.45) is 1.12. The van der Waals surface area contributed by atoms with Gasteiger partial charge in [-0.25, -0.2) is 14.4 Å². The van der Waals surface area contributed by atoms with E-state index in [2.05, 4.69) is 6.58 Å². The number of aliphatic hydroxyl groups excluding tert-OH is 1. The van der Waals surface area contributed by atoms with Gasteiger partial charge in [0, 0.05) is 39.6 Å². The minimum Gasteiger partial charge on any atom is -0.496 e. The summed E-state index contributed by atoms with van der Waals surface area (Å²) < 4.78 is 45.4. The topological polar surface area (TPSA) is 153 Å². The molecule has 0 aliphatic heterocycles. The summed E-state index contributed by atoms with van der Waals surface area (Å²) in [5.41, 5.74) is 2.16. The largest absolute Gasteiger partial charge is 0.496 e. The van der Waals surface area contributed by atoms with Crippen LogP contribution in [0.25, 0.3) is 44.2 Å². The van der Waals surface area contributed by atoms with Gasteiger partial charge in [-0.05, 0) is 81.1 Å². The minimum atomic E-state index is -1.02. The SMILES string of the molecule is C=C(C)C(=O)OCC(O)COC(CCCOc1ccc2cc(-c3ccccc3OC)c(=O)oc2c1)CCCOc1ccc2cc(-c3ccccc3OC)c(=O)oc2c1. The summed E-state index contributed by atoms with van der Waals surface area (Å²) in [7, 11) is 3.11. The van der Waals surface area contributed by atoms with Crippen LogP contribution in [0.15, 0.2) is 128 Å². The quantitative estimate of drug-likeness (QED) is 0.0344. The molecule has 1 atom stereocenters. The smallest absolute Gasteiger partial charge is 0.344 e. The van der Waals surface area contributed by atoms with Crippen LogP contribution in [-0.4, -0.2) is 63.9 Å². The average molecular weight is 791 g/mol. The second-order valence-corrected chi connectivity index (χ2v) is 13.7. The Morgan fingerprint density at radius 3 is 1.62 bits per heavy atom. The van der Waals surface area contributed by atoms with Crippen molar-refractivity contribution in [3.8, 4) is 45.3 Å². The highest BCUT2D eigenvalue weighted by atomic mass is 16.6. The Labute approximate surface area is 335 Å². The molecular weight excluding hydrogens is 744 g/mol. The van der Waals surface area contributed by atoms with Crippen molar-refractivity contribution in [2.45, 2.75) is 44.8 Å². The number of benzene rings is 4. The van der Waals surface area contributed by atoms with E-state index in [4.69, 9.17) is 37.3 Å². The first-order valence-electron chi connectivity index (χ1n) is 18.9. The van der Waals surface area contributed by atoms with E-state index in [0.29, 0.717) is 95.3 Å². The molecule has 0 saturated carbocycles. The summed E-state index contributed by atoms with van der Waals surface area (Å²) in [6.45, 7) is 5.53. The number of ether oxygens (including phenoxy) is 6. The van der Waals surface area contributed by atoms with Crippen LogP contribution in [0.4, 0.5) is 0 Å². The van der Waals surface area contributed by atoms with Crippen LogP contribution in [-0.2, 0) is 14.3 Å². The third-order valence-corrected chi connectivity index (χ3v) is 9.37. The highest BCUT2D eigenvalue weighted by molar-refractivity contribution is 5.87. The normalized spacial score (nSPS) is 11.7. The Balaban J connectivity index is 1.04. The van der Waals surface area contributed by atoms with Crippen LogP contribution in [0.1, 0.15) is 32.6 Å². The molecule has 0 aliphatic rings. The lowest BCUT2D eigenvalue weighted by Crippen LogP contribution is -2.27. The Kier molecular flexibility index (Phi) is 14.0. The van der Waals surface area contributed by atoms with Crippen molar-refractivity contribution in [3.05, 3.63) is 130 Å². The maximum absolute atomic E-state index is 12.9. The fourth-order valence-corrected chi connectivity index (χ4v) is 6.38. The monoisotopic (exact) mass is 790 g/mol. The van der Waals surface area contributed by atoms with E-state index < -0.39 is 23.3 Å². The minimum absolute atomic E-state index is 0.0447. The van der Waals surface area contributed by atoms with E-state index in [1.54, 1.807) is 50.6 Å². The third-order valence-electron chi connectivity index (χ3n) is 9.37. The van der Waals surface area contributed by atoms with Crippen molar-refractivity contribution < 1.29 is 47.2 Å². The van der Waals surface area contributed by atoms with E-state index in [1.807, 2.05) is 60.7 Å². The maximum Gasteiger partial charge on any atom is 0.344 e. The first-order valence-corrected chi connectivity index (χ1v) is 18.9. The molecule has 12 nitrogen and oxygen atoms in total. The van der Waals surface area contributed by atoms with Crippen molar-refractivity contribution in [2.24, 2.45) is 0 Å². The Morgan fingerprint density at radius 1 is 0.672 bits per heavy atom. The number of methoxy groups -OCH3 is 2. The number of fused-ring (bicyclic) bond motifs is 2. The van der Waals surface area contributed by atoms with Crippen LogP contribution < -0.4 is 30.2 Å². The van der Waals surface area contributed by atoms with Crippen molar-refractivity contribution in [2.75, 3.05) is 40.6 Å². The van der Waals surface area contributed by atoms with Gasteiger partial charge in [0.15, 0.2) is 0 Å². The number of hydrogen-bond acceptors (Lipinski definition) is 12. The van der Waals surface area contributed by atoms with Crippen LogP contribution in [0, 0.1) is 0 Å². The first-order chi connectivity index (χ1) is 28.1. The predicted molar refractivity (Wildman–Crippen MR) is 220 cm³/mol. The Morgan fingerprint density at radius 2 is 1.16 bits per heavy atom. The van der Waals surface area contributed by atoms with Gasteiger partial charge in [-0.3, -0.25) is 0 Å². The standard InChI is InChI=1S/C46H46O12/c1-29(2)44(48)56-28-32(47)27-55-33(11-9-21-53-34-19-17-30-23-38(45(49)57-42(30)25-34)36-13-5-7-15-40(36)51-3)12-10-22-54-35-20-18-31-24-39(46(50)58-43(31)26-35)37-14-6-8-16-41(37)52-4/h5-8,13-20,23-26,32-33,47H,1,9-12,21-22,27-28H2,2-4H3. The van der Waals surface area contributed by atoms with Crippen molar-refractivity contribution in [1.29, 1.82) is 0 Å². The Bertz CT molecular complexity index is 2330. The van der Waals surface area contributed by atoms with E-state index in [-0.39, 0.29) is 24.9 Å². The molecule has 58 heavy (non-hydrogen) atoms. The molecule has 4 aromatic carbocycles. The van der Waals surface area contributed by atoms with Crippen molar-refractivity contribution in [3.63, 3.8) is 0 Å². The number of rotatable bonds is 20. The second-order valence-electron chi connectivity index (χ2n) is 13.7. The number of hydrogen-bond donors (Lipinski definition) is 1. The van der Waals surface area contributed by atoms with E-state index in [9.17, 15) is 19.5 Å². The zero-order chi connectivity index (χ0) is 41.0. The summed E-state index contributed by atoms with van der Waals surface area (Å²) >= 11 is 0. The molecule has 6 aromatic rings. The highest BCUT2D eigenvalue weighted by Crippen LogP contribution is 2.32. The summed E-state index contributed by atoms with van der Waals surface area (Å²) in [4.78, 5) is 37.7. The van der Waals surface area contributed by atoms with E-state index >= 15 is 0 Å². The van der Waals surface area contributed by atoms with Crippen molar-refractivity contribution >= 4 is 27.9 Å². The second kappa shape index (κ2) is 19.7. The maximum atomic E-state index is 12.9. The molecule has 2 heterocycles. The van der Waals surface area contributed by atoms with Gasteiger partial charge in [0.05, 0.1) is 51.3 Å². The molecule has 0 bridgehead atoms. The van der Waals surface area contributed by atoms with Gasteiger partial charge in [0.2, 0.25) is 0 Å². The van der Waals surface area contributed by atoms with Gasteiger partial charge in [-0.1, -0.05) is 43.0 Å². The van der Waals surface area contributed by atoms with Crippen molar-refractivity contribution in [1.82, 2.24) is 0 Å². The number of carbonyl (C=O) groups is 1. The van der Waals surface area contributed by atoms with Gasteiger partial charge in [0.1, 0.15) is 46.9 Å². The summed E-state index contributed by atoms with van der Waals surface area (Å²) in [5, 5.41) is 11.9. The molecular formula is C46H46O12. The number of carbonyl (C=O) groups excluding carboxylic acids is 1. The molecule has 0 spiro atoms. The zero-order valence-corrected chi connectivity index (χ0v) is 32.7. The van der Waals surface area contributed by atoms with Crippen LogP contribution >= 0.6 is 0 Å². The number of para-hydroxylation sites is 2. The third kappa shape index (κ3) is 10.5.